The number of ether oxygens (including phenoxy) is 2. The highest BCUT2D eigenvalue weighted by molar-refractivity contribution is 5.97. The molecule has 2 N–H and O–H groups in total. The molecule has 0 bridgehead atoms. The van der Waals surface area contributed by atoms with E-state index in [1.54, 1.807) is 0 Å². The molecule has 1 aromatic rings. The molecule has 202 valence electrons. The van der Waals surface area contributed by atoms with Crippen molar-refractivity contribution in [2.24, 2.45) is 0 Å². The summed E-state index contributed by atoms with van der Waals surface area (Å²) < 4.78 is 23.5. The Labute approximate surface area is 213 Å². The average molecular weight is 522 g/mol. The Hall–Kier alpha value is -3.70. The number of hydrogen-bond acceptors (Lipinski definition) is 7. The third kappa shape index (κ3) is 6.00. The zero-order chi connectivity index (χ0) is 27.3. The molecule has 3 amide bonds. The standard InChI is InChI=1S/C25H32FN3O8/c1-15(37-16(2)30)20(22(32)36-3)27-23(33)25(14-17-7-9-18(26)10-8-17)11-5-13-29(25)21(31)19-6-4-12-28(19)24(34)35/h7-10,15,19-20H,4-6,11-14H2,1-3H3,(H,27,33)(H,34,35)/t15-,19?,20+,25?/m1/s1. The second kappa shape index (κ2) is 11.6. The highest BCUT2D eigenvalue weighted by atomic mass is 19.1. The molecule has 3 rings (SSSR count). The number of amides is 3. The molecule has 11 nitrogen and oxygen atoms in total. The summed E-state index contributed by atoms with van der Waals surface area (Å²) in [6.07, 6.45) is -0.785. The summed E-state index contributed by atoms with van der Waals surface area (Å²) in [5.74, 6) is -3.16. The molecule has 2 aliphatic heterocycles. The van der Waals surface area contributed by atoms with Gasteiger partial charge in [0.2, 0.25) is 11.8 Å². The van der Waals surface area contributed by atoms with Crippen LogP contribution in [-0.2, 0) is 35.1 Å². The van der Waals surface area contributed by atoms with E-state index >= 15 is 0 Å². The van der Waals surface area contributed by atoms with Gasteiger partial charge >= 0.3 is 18.0 Å². The van der Waals surface area contributed by atoms with E-state index in [1.807, 2.05) is 0 Å². The second-order valence-electron chi connectivity index (χ2n) is 9.35. The van der Waals surface area contributed by atoms with Crippen LogP contribution in [0.4, 0.5) is 9.18 Å². The van der Waals surface area contributed by atoms with Crippen molar-refractivity contribution < 1.29 is 42.9 Å². The number of carbonyl (C=O) groups is 5. The van der Waals surface area contributed by atoms with E-state index in [2.05, 4.69) is 5.32 Å². The summed E-state index contributed by atoms with van der Waals surface area (Å²) in [4.78, 5) is 65.8. The number of likely N-dealkylation sites (tertiary alicyclic amines) is 2. The average Bonchev–Trinajstić information content (AvgIpc) is 3.51. The van der Waals surface area contributed by atoms with Gasteiger partial charge in [-0.25, -0.2) is 14.0 Å². The van der Waals surface area contributed by atoms with E-state index in [0.29, 0.717) is 24.8 Å². The fourth-order valence-electron chi connectivity index (χ4n) is 5.17. The van der Waals surface area contributed by atoms with Gasteiger partial charge < -0.3 is 24.8 Å². The Balaban J connectivity index is 1.99. The van der Waals surface area contributed by atoms with Crippen LogP contribution in [0.1, 0.15) is 45.1 Å². The SMILES string of the molecule is COC(=O)[C@@H](NC(=O)C1(Cc2ccc(F)cc2)CCCN1C(=O)C1CCCN1C(=O)O)[C@@H](C)OC(C)=O. The van der Waals surface area contributed by atoms with Crippen molar-refractivity contribution in [3.05, 3.63) is 35.6 Å². The van der Waals surface area contributed by atoms with E-state index < -0.39 is 59.4 Å². The molecule has 2 saturated heterocycles. The Morgan fingerprint density at radius 3 is 2.43 bits per heavy atom. The molecule has 2 fully saturated rings. The van der Waals surface area contributed by atoms with Crippen molar-refractivity contribution in [2.75, 3.05) is 20.2 Å². The summed E-state index contributed by atoms with van der Waals surface area (Å²) in [7, 11) is 1.13. The van der Waals surface area contributed by atoms with Crippen LogP contribution in [0.2, 0.25) is 0 Å². The van der Waals surface area contributed by atoms with Crippen LogP contribution in [0.5, 0.6) is 0 Å². The van der Waals surface area contributed by atoms with Crippen LogP contribution >= 0.6 is 0 Å². The van der Waals surface area contributed by atoms with Gasteiger partial charge in [-0.2, -0.15) is 0 Å². The number of halogens is 1. The van der Waals surface area contributed by atoms with Crippen LogP contribution in [0.15, 0.2) is 24.3 Å². The van der Waals surface area contributed by atoms with Gasteiger partial charge in [-0.1, -0.05) is 12.1 Å². The lowest BCUT2D eigenvalue weighted by molar-refractivity contribution is -0.158. The Bertz CT molecular complexity index is 1050. The first-order chi connectivity index (χ1) is 17.5. The van der Waals surface area contributed by atoms with E-state index in [0.717, 1.165) is 18.9 Å². The minimum Gasteiger partial charge on any atom is -0.467 e. The van der Waals surface area contributed by atoms with E-state index in [4.69, 9.17) is 9.47 Å². The van der Waals surface area contributed by atoms with Crippen molar-refractivity contribution in [1.82, 2.24) is 15.1 Å². The van der Waals surface area contributed by atoms with Gasteiger partial charge in [0.15, 0.2) is 6.04 Å². The quantitative estimate of drug-likeness (QED) is 0.490. The van der Waals surface area contributed by atoms with Crippen molar-refractivity contribution in [2.45, 2.75) is 69.7 Å². The molecule has 2 unspecified atom stereocenters. The number of benzene rings is 1. The van der Waals surface area contributed by atoms with Crippen molar-refractivity contribution in [1.29, 1.82) is 0 Å². The van der Waals surface area contributed by atoms with Crippen LogP contribution in [0, 0.1) is 5.82 Å². The van der Waals surface area contributed by atoms with Crippen LogP contribution < -0.4 is 5.32 Å². The van der Waals surface area contributed by atoms with Gasteiger partial charge in [0.25, 0.3) is 0 Å². The minimum atomic E-state index is -1.50. The maximum atomic E-state index is 13.9. The molecule has 37 heavy (non-hydrogen) atoms. The predicted molar refractivity (Wildman–Crippen MR) is 127 cm³/mol. The molecular formula is C25H32FN3O8. The van der Waals surface area contributed by atoms with Crippen molar-refractivity contribution in [3.8, 4) is 0 Å². The number of carboxylic acid groups (broad SMARTS) is 1. The van der Waals surface area contributed by atoms with Crippen molar-refractivity contribution in [3.63, 3.8) is 0 Å². The van der Waals surface area contributed by atoms with Gasteiger partial charge in [0.05, 0.1) is 7.11 Å². The van der Waals surface area contributed by atoms with Crippen molar-refractivity contribution >= 4 is 29.8 Å². The zero-order valence-corrected chi connectivity index (χ0v) is 21.1. The lowest BCUT2D eigenvalue weighted by atomic mass is 9.86. The van der Waals surface area contributed by atoms with E-state index in [-0.39, 0.29) is 25.9 Å². The molecular weight excluding hydrogens is 489 g/mol. The molecule has 1 aromatic carbocycles. The Morgan fingerprint density at radius 2 is 1.84 bits per heavy atom. The number of hydrogen-bond donors (Lipinski definition) is 2. The molecule has 0 spiro atoms. The van der Waals surface area contributed by atoms with E-state index in [1.165, 1.54) is 36.1 Å². The fraction of sp³-hybridized carbons (Fsp3) is 0.560. The largest absolute Gasteiger partial charge is 0.467 e. The number of nitrogens with one attached hydrogen (secondary N) is 1. The fourth-order valence-corrected chi connectivity index (χ4v) is 5.17. The molecule has 0 aromatic heterocycles. The van der Waals surface area contributed by atoms with Crippen LogP contribution in [0.3, 0.4) is 0 Å². The normalized spacial score (nSPS) is 22.8. The van der Waals surface area contributed by atoms with Gasteiger partial charge in [-0.3, -0.25) is 19.3 Å². The summed E-state index contributed by atoms with van der Waals surface area (Å²) in [6, 6.07) is 3.20. The third-order valence-electron chi connectivity index (χ3n) is 6.93. The lowest BCUT2D eigenvalue weighted by Crippen LogP contribution is -2.64. The first-order valence-electron chi connectivity index (χ1n) is 12.1. The first kappa shape index (κ1) is 27.9. The molecule has 0 radical (unpaired) electrons. The number of carbonyl (C=O) groups excluding carboxylic acids is 4. The number of nitrogens with zero attached hydrogens (tertiary/aromatic N) is 2. The van der Waals surface area contributed by atoms with Crippen LogP contribution in [-0.4, -0.2) is 88.7 Å². The zero-order valence-electron chi connectivity index (χ0n) is 21.1. The summed E-state index contributed by atoms with van der Waals surface area (Å²) in [6.45, 7) is 2.99. The topological polar surface area (TPSA) is 143 Å². The highest BCUT2D eigenvalue weighted by Crippen LogP contribution is 2.36. The lowest BCUT2D eigenvalue weighted by Gasteiger charge is -2.40. The Kier molecular flexibility index (Phi) is 8.72. The second-order valence-corrected chi connectivity index (χ2v) is 9.35. The predicted octanol–water partition coefficient (Wildman–Crippen LogP) is 1.48. The number of esters is 2. The first-order valence-corrected chi connectivity index (χ1v) is 12.1. The summed E-state index contributed by atoms with van der Waals surface area (Å²) in [5, 5.41) is 12.2. The molecule has 2 aliphatic rings. The third-order valence-corrected chi connectivity index (χ3v) is 6.93. The number of methoxy groups -OCH3 is 1. The highest BCUT2D eigenvalue weighted by Gasteiger charge is 2.53. The Morgan fingerprint density at radius 1 is 1.16 bits per heavy atom. The molecule has 0 aliphatic carbocycles. The molecule has 2 heterocycles. The smallest absolute Gasteiger partial charge is 0.407 e. The maximum absolute atomic E-state index is 13.9. The van der Waals surface area contributed by atoms with E-state index in [9.17, 15) is 33.5 Å². The summed E-state index contributed by atoms with van der Waals surface area (Å²) in [5.41, 5.74) is -0.926. The maximum Gasteiger partial charge on any atom is 0.407 e. The number of rotatable bonds is 8. The molecule has 12 heteroatoms. The summed E-state index contributed by atoms with van der Waals surface area (Å²) >= 11 is 0. The van der Waals surface area contributed by atoms with Gasteiger partial charge in [-0.05, 0) is 50.3 Å². The van der Waals surface area contributed by atoms with Crippen LogP contribution in [0.25, 0.3) is 0 Å². The van der Waals surface area contributed by atoms with Gasteiger partial charge in [0, 0.05) is 26.4 Å². The van der Waals surface area contributed by atoms with Gasteiger partial charge in [0.1, 0.15) is 23.5 Å². The monoisotopic (exact) mass is 521 g/mol. The molecule has 4 atom stereocenters. The molecule has 0 saturated carbocycles. The minimum absolute atomic E-state index is 0.000480. The van der Waals surface area contributed by atoms with Gasteiger partial charge in [-0.15, -0.1) is 0 Å².